The Labute approximate surface area is 154 Å². The number of hydrogen-bond donors (Lipinski definition) is 2. The molecule has 0 radical (unpaired) electrons. The van der Waals surface area contributed by atoms with Crippen LogP contribution < -0.4 is 14.8 Å². The predicted molar refractivity (Wildman–Crippen MR) is 91.1 cm³/mol. The minimum atomic E-state index is -4.23. The van der Waals surface area contributed by atoms with Crippen LogP contribution in [0, 0.1) is 5.82 Å². The normalized spacial score (nSPS) is 12.6. The van der Waals surface area contributed by atoms with Crippen LogP contribution in [0.15, 0.2) is 53.4 Å². The Morgan fingerprint density at radius 3 is 2.52 bits per heavy atom. The lowest BCUT2D eigenvalue weighted by Gasteiger charge is -2.15. The van der Waals surface area contributed by atoms with E-state index in [4.69, 9.17) is 0 Å². The molecule has 0 aliphatic heterocycles. The Balaban J connectivity index is 1.97. The lowest BCUT2D eigenvalue weighted by Crippen LogP contribution is -2.44. The number of nitrogens with one attached hydrogen (secondary N) is 2. The van der Waals surface area contributed by atoms with Crippen molar-refractivity contribution in [2.45, 2.75) is 31.0 Å². The van der Waals surface area contributed by atoms with Gasteiger partial charge in [-0.05, 0) is 36.8 Å². The Morgan fingerprint density at radius 2 is 1.85 bits per heavy atom. The molecule has 0 bridgehead atoms. The predicted octanol–water partition coefficient (Wildman–Crippen LogP) is 2.41. The minimum Gasteiger partial charge on any atom is -0.435 e. The van der Waals surface area contributed by atoms with Crippen LogP contribution in [0.25, 0.3) is 0 Å². The molecule has 0 saturated heterocycles. The van der Waals surface area contributed by atoms with Crippen molar-refractivity contribution in [2.24, 2.45) is 0 Å². The van der Waals surface area contributed by atoms with Crippen LogP contribution in [0.1, 0.15) is 12.5 Å². The van der Waals surface area contributed by atoms with Gasteiger partial charge in [0.05, 0.1) is 6.04 Å². The van der Waals surface area contributed by atoms with Crippen molar-refractivity contribution < 1.29 is 31.1 Å². The van der Waals surface area contributed by atoms with Gasteiger partial charge in [-0.3, -0.25) is 4.79 Å². The fraction of sp³-hybridized carbons (Fsp3) is 0.235. The van der Waals surface area contributed by atoms with Crippen LogP contribution in [-0.2, 0) is 21.4 Å². The van der Waals surface area contributed by atoms with E-state index in [1.165, 1.54) is 37.3 Å². The smallest absolute Gasteiger partial charge is 0.387 e. The van der Waals surface area contributed by atoms with Crippen molar-refractivity contribution in [1.82, 2.24) is 10.0 Å². The van der Waals surface area contributed by atoms with Crippen LogP contribution in [0.3, 0.4) is 0 Å². The van der Waals surface area contributed by atoms with Gasteiger partial charge in [-0.2, -0.15) is 13.5 Å². The SMILES string of the molecule is C[C@H](NS(=O)(=O)c1ccccc1F)C(=O)NCc1cccc(OC(F)F)c1. The Kier molecular flexibility index (Phi) is 6.81. The van der Waals surface area contributed by atoms with Gasteiger partial charge in [-0.15, -0.1) is 0 Å². The number of sulfonamides is 1. The van der Waals surface area contributed by atoms with Gasteiger partial charge in [0.2, 0.25) is 15.9 Å². The quantitative estimate of drug-likeness (QED) is 0.710. The van der Waals surface area contributed by atoms with E-state index in [-0.39, 0.29) is 12.3 Å². The van der Waals surface area contributed by atoms with Crippen molar-refractivity contribution in [1.29, 1.82) is 0 Å². The van der Waals surface area contributed by atoms with E-state index < -0.39 is 39.3 Å². The molecule has 1 amide bonds. The van der Waals surface area contributed by atoms with Gasteiger partial charge >= 0.3 is 6.61 Å². The molecule has 2 N–H and O–H groups in total. The summed E-state index contributed by atoms with van der Waals surface area (Å²) in [5.41, 5.74) is 0.477. The van der Waals surface area contributed by atoms with E-state index in [0.29, 0.717) is 5.56 Å². The Morgan fingerprint density at radius 1 is 1.15 bits per heavy atom. The first-order valence-corrected chi connectivity index (χ1v) is 9.25. The monoisotopic (exact) mass is 402 g/mol. The molecule has 0 aliphatic carbocycles. The summed E-state index contributed by atoms with van der Waals surface area (Å²) in [6, 6.07) is 9.30. The van der Waals surface area contributed by atoms with Gasteiger partial charge in [0.1, 0.15) is 16.5 Å². The molecule has 0 spiro atoms. The lowest BCUT2D eigenvalue weighted by atomic mass is 10.2. The molecule has 10 heteroatoms. The second-order valence-corrected chi connectivity index (χ2v) is 7.20. The average molecular weight is 402 g/mol. The first kappa shape index (κ1) is 20.7. The minimum absolute atomic E-state index is 0.0367. The number of rotatable bonds is 8. The number of ether oxygens (including phenoxy) is 1. The zero-order valence-electron chi connectivity index (χ0n) is 14.2. The van der Waals surface area contributed by atoms with Gasteiger partial charge in [-0.1, -0.05) is 24.3 Å². The number of amides is 1. The molecule has 2 rings (SSSR count). The highest BCUT2D eigenvalue weighted by Gasteiger charge is 2.24. The average Bonchev–Trinajstić information content (AvgIpc) is 2.59. The standard InChI is InChI=1S/C17H17F3N2O4S/c1-11(22-27(24,25)15-8-3-2-7-14(15)18)16(23)21-10-12-5-4-6-13(9-12)26-17(19)20/h2-9,11,17,22H,10H2,1H3,(H,21,23)/t11-/m0/s1. The summed E-state index contributed by atoms with van der Waals surface area (Å²) in [6.45, 7) is -1.71. The molecule has 0 aromatic heterocycles. The molecule has 27 heavy (non-hydrogen) atoms. The van der Waals surface area contributed by atoms with Crippen LogP contribution in [0.4, 0.5) is 13.2 Å². The van der Waals surface area contributed by atoms with E-state index >= 15 is 0 Å². The molecular formula is C17H17F3N2O4S. The molecule has 2 aromatic rings. The van der Waals surface area contributed by atoms with Crippen LogP contribution in [-0.4, -0.2) is 27.0 Å². The fourth-order valence-corrected chi connectivity index (χ4v) is 3.47. The topological polar surface area (TPSA) is 84.5 Å². The molecule has 6 nitrogen and oxygen atoms in total. The number of hydrogen-bond acceptors (Lipinski definition) is 4. The van der Waals surface area contributed by atoms with Crippen LogP contribution in [0.2, 0.25) is 0 Å². The van der Waals surface area contributed by atoms with Crippen molar-refractivity contribution in [3.63, 3.8) is 0 Å². The van der Waals surface area contributed by atoms with Crippen LogP contribution >= 0.6 is 0 Å². The summed E-state index contributed by atoms with van der Waals surface area (Å²) in [4.78, 5) is 11.5. The highest BCUT2D eigenvalue weighted by atomic mass is 32.2. The Bertz CT molecular complexity index is 907. The lowest BCUT2D eigenvalue weighted by molar-refractivity contribution is -0.122. The van der Waals surface area contributed by atoms with Gasteiger partial charge in [0.15, 0.2) is 0 Å². The van der Waals surface area contributed by atoms with Crippen molar-refractivity contribution in [3.8, 4) is 5.75 Å². The molecule has 0 aliphatic rings. The van der Waals surface area contributed by atoms with Crippen molar-refractivity contribution in [2.75, 3.05) is 0 Å². The molecule has 2 aromatic carbocycles. The molecular weight excluding hydrogens is 385 g/mol. The number of alkyl halides is 2. The molecule has 0 heterocycles. The van der Waals surface area contributed by atoms with E-state index in [2.05, 4.69) is 14.8 Å². The summed E-state index contributed by atoms with van der Waals surface area (Å²) in [5, 5.41) is 2.47. The van der Waals surface area contributed by atoms with Crippen molar-refractivity contribution in [3.05, 3.63) is 59.9 Å². The summed E-state index contributed by atoms with van der Waals surface area (Å²) in [5.74, 6) is -1.67. The summed E-state index contributed by atoms with van der Waals surface area (Å²) in [6.07, 6.45) is 0. The molecule has 0 fully saturated rings. The van der Waals surface area contributed by atoms with E-state index in [0.717, 1.165) is 12.1 Å². The van der Waals surface area contributed by atoms with E-state index in [1.807, 2.05) is 0 Å². The highest BCUT2D eigenvalue weighted by Crippen LogP contribution is 2.16. The molecule has 0 saturated carbocycles. The fourth-order valence-electron chi connectivity index (χ4n) is 2.19. The third-order valence-electron chi connectivity index (χ3n) is 3.44. The maximum atomic E-state index is 13.6. The maximum Gasteiger partial charge on any atom is 0.387 e. The number of halogens is 3. The summed E-state index contributed by atoms with van der Waals surface area (Å²) >= 11 is 0. The van der Waals surface area contributed by atoms with Gasteiger partial charge in [0, 0.05) is 6.54 Å². The zero-order valence-corrected chi connectivity index (χ0v) is 15.0. The number of carbonyl (C=O) groups excluding carboxylic acids is 1. The number of benzene rings is 2. The molecule has 0 unspecified atom stereocenters. The van der Waals surface area contributed by atoms with Crippen molar-refractivity contribution >= 4 is 15.9 Å². The second-order valence-electron chi connectivity index (χ2n) is 5.52. The summed E-state index contributed by atoms with van der Waals surface area (Å²) < 4.78 is 68.8. The number of carbonyl (C=O) groups is 1. The second kappa shape index (κ2) is 8.87. The van der Waals surface area contributed by atoms with Gasteiger partial charge in [0.25, 0.3) is 0 Å². The highest BCUT2D eigenvalue weighted by molar-refractivity contribution is 7.89. The van der Waals surface area contributed by atoms with Gasteiger partial charge in [-0.25, -0.2) is 12.8 Å². The zero-order chi connectivity index (χ0) is 20.0. The first-order chi connectivity index (χ1) is 12.7. The van der Waals surface area contributed by atoms with E-state index in [9.17, 15) is 26.4 Å². The Hall–Kier alpha value is -2.59. The van der Waals surface area contributed by atoms with Crippen LogP contribution in [0.5, 0.6) is 5.75 Å². The third kappa shape index (κ3) is 5.97. The molecule has 146 valence electrons. The third-order valence-corrected chi connectivity index (χ3v) is 5.02. The largest absolute Gasteiger partial charge is 0.435 e. The van der Waals surface area contributed by atoms with E-state index in [1.54, 1.807) is 6.07 Å². The summed E-state index contributed by atoms with van der Waals surface area (Å²) in [7, 11) is -4.23. The molecule has 1 atom stereocenters. The van der Waals surface area contributed by atoms with Gasteiger partial charge < -0.3 is 10.1 Å². The maximum absolute atomic E-state index is 13.6. The first-order valence-electron chi connectivity index (χ1n) is 7.77.